The van der Waals surface area contributed by atoms with E-state index in [1.807, 2.05) is 0 Å². The maximum Gasteiger partial charge on any atom is 0.307 e. The van der Waals surface area contributed by atoms with E-state index in [0.717, 1.165) is 18.2 Å². The van der Waals surface area contributed by atoms with Gasteiger partial charge in [0.15, 0.2) is 23.1 Å². The molecule has 0 spiro atoms. The third kappa shape index (κ3) is 5.39. The van der Waals surface area contributed by atoms with Gasteiger partial charge in [0.25, 0.3) is 0 Å². The van der Waals surface area contributed by atoms with Gasteiger partial charge in [0.05, 0.1) is 12.1 Å². The van der Waals surface area contributed by atoms with Crippen molar-refractivity contribution < 1.29 is 32.5 Å². The SMILES string of the molecule is O=C(O)Cc1cc(F)c(Oc2ccnc(COc3ccc(Cl)cc3F)c2)cc1F. The number of halogens is 4. The predicted molar refractivity (Wildman–Crippen MR) is 97.8 cm³/mol. The molecule has 0 saturated heterocycles. The lowest BCUT2D eigenvalue weighted by Gasteiger charge is -2.11. The van der Waals surface area contributed by atoms with E-state index in [1.54, 1.807) is 0 Å². The van der Waals surface area contributed by atoms with Crippen LogP contribution in [0.2, 0.25) is 5.02 Å². The number of aromatic nitrogens is 1. The van der Waals surface area contributed by atoms with Crippen LogP contribution in [0.25, 0.3) is 0 Å². The van der Waals surface area contributed by atoms with Crippen molar-refractivity contribution in [3.8, 4) is 17.2 Å². The van der Waals surface area contributed by atoms with Crippen molar-refractivity contribution >= 4 is 17.6 Å². The average molecular weight is 424 g/mol. The van der Waals surface area contributed by atoms with Crippen LogP contribution < -0.4 is 9.47 Å². The van der Waals surface area contributed by atoms with Gasteiger partial charge in [-0.2, -0.15) is 0 Å². The maximum absolute atomic E-state index is 14.1. The van der Waals surface area contributed by atoms with Gasteiger partial charge in [-0.15, -0.1) is 0 Å². The van der Waals surface area contributed by atoms with Crippen LogP contribution in [0.4, 0.5) is 13.2 Å². The minimum absolute atomic E-state index is 0.0235. The van der Waals surface area contributed by atoms with Crippen molar-refractivity contribution in [2.45, 2.75) is 13.0 Å². The fourth-order valence-corrected chi connectivity index (χ4v) is 2.57. The first-order valence-corrected chi connectivity index (χ1v) is 8.60. The average Bonchev–Trinajstić information content (AvgIpc) is 2.65. The Balaban J connectivity index is 1.73. The monoisotopic (exact) mass is 423 g/mol. The quantitative estimate of drug-likeness (QED) is 0.569. The molecule has 3 rings (SSSR count). The number of benzene rings is 2. The summed E-state index contributed by atoms with van der Waals surface area (Å²) in [7, 11) is 0. The number of hydrogen-bond acceptors (Lipinski definition) is 4. The van der Waals surface area contributed by atoms with Crippen LogP contribution in [0.5, 0.6) is 17.2 Å². The third-order valence-electron chi connectivity index (χ3n) is 3.73. The molecular weight excluding hydrogens is 411 g/mol. The molecule has 9 heteroatoms. The Bertz CT molecular complexity index is 1060. The number of carboxylic acids is 1. The van der Waals surface area contributed by atoms with Gasteiger partial charge in [-0.05, 0) is 30.3 Å². The van der Waals surface area contributed by atoms with Gasteiger partial charge in [0.2, 0.25) is 0 Å². The largest absolute Gasteiger partial charge is 0.484 e. The Hall–Kier alpha value is -3.26. The Morgan fingerprint density at radius 2 is 1.76 bits per heavy atom. The summed E-state index contributed by atoms with van der Waals surface area (Å²) in [4.78, 5) is 14.7. The zero-order valence-electron chi connectivity index (χ0n) is 14.7. The number of carbonyl (C=O) groups is 1. The standard InChI is InChI=1S/C20H13ClF3NO4/c21-12-1-2-18(17(24)7-12)28-10-13-8-14(3-4-25-13)29-19-9-15(22)11(5-16(19)23)6-20(26)27/h1-5,7-9H,6,10H2,(H,26,27). The second-order valence-electron chi connectivity index (χ2n) is 5.89. The molecule has 0 atom stereocenters. The number of nitrogens with zero attached hydrogens (tertiary/aromatic N) is 1. The van der Waals surface area contributed by atoms with Crippen molar-refractivity contribution in [1.29, 1.82) is 0 Å². The van der Waals surface area contributed by atoms with Gasteiger partial charge in [0.1, 0.15) is 18.2 Å². The number of hydrogen-bond donors (Lipinski definition) is 1. The molecule has 29 heavy (non-hydrogen) atoms. The Morgan fingerprint density at radius 1 is 1.00 bits per heavy atom. The molecular formula is C20H13ClF3NO4. The molecule has 0 aliphatic carbocycles. The molecule has 5 nitrogen and oxygen atoms in total. The molecule has 0 aliphatic heterocycles. The minimum atomic E-state index is -1.28. The summed E-state index contributed by atoms with van der Waals surface area (Å²) in [6.07, 6.45) is 0.709. The lowest BCUT2D eigenvalue weighted by atomic mass is 10.1. The molecule has 150 valence electrons. The molecule has 3 aromatic rings. The number of aliphatic carboxylic acids is 1. The second kappa shape index (κ2) is 8.83. The van der Waals surface area contributed by atoms with E-state index in [9.17, 15) is 18.0 Å². The van der Waals surface area contributed by atoms with Gasteiger partial charge in [-0.25, -0.2) is 13.2 Å². The minimum Gasteiger partial charge on any atom is -0.484 e. The fraction of sp³-hybridized carbons (Fsp3) is 0.100. The number of carboxylic acid groups (broad SMARTS) is 1. The molecule has 1 N–H and O–H groups in total. The van der Waals surface area contributed by atoms with E-state index in [0.29, 0.717) is 5.69 Å². The highest BCUT2D eigenvalue weighted by atomic mass is 35.5. The molecule has 0 radical (unpaired) electrons. The van der Waals surface area contributed by atoms with Crippen LogP contribution in [0.15, 0.2) is 48.7 Å². The Kier molecular flexibility index (Phi) is 6.23. The van der Waals surface area contributed by atoms with E-state index in [-0.39, 0.29) is 28.7 Å². The van der Waals surface area contributed by atoms with Crippen molar-refractivity contribution in [3.05, 3.63) is 82.4 Å². The fourth-order valence-electron chi connectivity index (χ4n) is 2.42. The number of ether oxygens (including phenoxy) is 2. The highest BCUT2D eigenvalue weighted by Crippen LogP contribution is 2.28. The Morgan fingerprint density at radius 3 is 2.48 bits per heavy atom. The highest BCUT2D eigenvalue weighted by Gasteiger charge is 2.14. The first kappa shape index (κ1) is 20.5. The zero-order chi connectivity index (χ0) is 21.0. The lowest BCUT2D eigenvalue weighted by molar-refractivity contribution is -0.136. The normalized spacial score (nSPS) is 10.6. The molecule has 0 bridgehead atoms. The van der Waals surface area contributed by atoms with Crippen LogP contribution in [0.3, 0.4) is 0 Å². The molecule has 0 saturated carbocycles. The van der Waals surface area contributed by atoms with Crippen molar-refractivity contribution in [3.63, 3.8) is 0 Å². The topological polar surface area (TPSA) is 68.7 Å². The van der Waals surface area contributed by atoms with E-state index in [2.05, 4.69) is 4.98 Å². The second-order valence-corrected chi connectivity index (χ2v) is 6.33. The van der Waals surface area contributed by atoms with Crippen LogP contribution >= 0.6 is 11.6 Å². The summed E-state index contributed by atoms with van der Waals surface area (Å²) in [5.41, 5.74) is 0.0522. The smallest absolute Gasteiger partial charge is 0.307 e. The maximum atomic E-state index is 14.1. The van der Waals surface area contributed by atoms with Crippen LogP contribution in [-0.4, -0.2) is 16.1 Å². The lowest BCUT2D eigenvalue weighted by Crippen LogP contribution is -2.04. The van der Waals surface area contributed by atoms with Gasteiger partial charge in [-0.3, -0.25) is 9.78 Å². The molecule has 0 amide bonds. The summed E-state index contributed by atoms with van der Waals surface area (Å²) >= 11 is 5.68. The number of rotatable bonds is 7. The van der Waals surface area contributed by atoms with Gasteiger partial charge in [0, 0.05) is 28.9 Å². The molecule has 1 heterocycles. The summed E-state index contributed by atoms with van der Waals surface area (Å²) < 4.78 is 52.5. The van der Waals surface area contributed by atoms with E-state index >= 15 is 0 Å². The van der Waals surface area contributed by atoms with Crippen LogP contribution in [0.1, 0.15) is 11.3 Å². The van der Waals surface area contributed by atoms with Crippen molar-refractivity contribution in [2.75, 3.05) is 0 Å². The van der Waals surface area contributed by atoms with E-state index in [1.165, 1.54) is 30.5 Å². The summed E-state index contributed by atoms with van der Waals surface area (Å²) in [5.74, 6) is -4.04. The predicted octanol–water partition coefficient (Wildman–Crippen LogP) is 5.15. The molecule has 2 aromatic carbocycles. The molecule has 1 aromatic heterocycles. The third-order valence-corrected chi connectivity index (χ3v) is 3.96. The van der Waals surface area contributed by atoms with E-state index in [4.69, 9.17) is 26.2 Å². The first-order valence-electron chi connectivity index (χ1n) is 8.22. The first-order chi connectivity index (χ1) is 13.8. The van der Waals surface area contributed by atoms with Crippen LogP contribution in [-0.2, 0) is 17.8 Å². The summed E-state index contributed by atoms with van der Waals surface area (Å²) in [6, 6.07) is 8.31. The molecule has 0 unspecified atom stereocenters. The molecule has 0 fully saturated rings. The van der Waals surface area contributed by atoms with Gasteiger partial charge < -0.3 is 14.6 Å². The van der Waals surface area contributed by atoms with Crippen molar-refractivity contribution in [1.82, 2.24) is 4.98 Å². The van der Waals surface area contributed by atoms with Gasteiger partial charge in [-0.1, -0.05) is 11.6 Å². The highest BCUT2D eigenvalue weighted by molar-refractivity contribution is 6.30. The summed E-state index contributed by atoms with van der Waals surface area (Å²) in [6.45, 7) is -0.107. The van der Waals surface area contributed by atoms with Crippen LogP contribution in [0, 0.1) is 17.5 Å². The molecule has 0 aliphatic rings. The van der Waals surface area contributed by atoms with E-state index < -0.39 is 35.6 Å². The number of pyridine rings is 1. The Labute approximate surface area is 168 Å². The van der Waals surface area contributed by atoms with Gasteiger partial charge >= 0.3 is 5.97 Å². The zero-order valence-corrected chi connectivity index (χ0v) is 15.4. The van der Waals surface area contributed by atoms with Crippen molar-refractivity contribution in [2.24, 2.45) is 0 Å². The summed E-state index contributed by atoms with van der Waals surface area (Å²) in [5, 5.41) is 8.94.